The van der Waals surface area contributed by atoms with E-state index in [4.69, 9.17) is 24.7 Å². The highest BCUT2D eigenvalue weighted by molar-refractivity contribution is 5.97. The predicted octanol–water partition coefficient (Wildman–Crippen LogP) is 9.85. The number of nitrogens with one attached hydrogen (secondary N) is 10. The van der Waals surface area contributed by atoms with Crippen LogP contribution in [0.1, 0.15) is 265 Å². The molecule has 0 unspecified atom stereocenters. The van der Waals surface area contributed by atoms with Crippen LogP contribution < -0.4 is 58.9 Å². The van der Waals surface area contributed by atoms with Gasteiger partial charge in [0.2, 0.25) is 70.9 Å². The van der Waals surface area contributed by atoms with Gasteiger partial charge in [-0.05, 0) is 211 Å². The van der Waals surface area contributed by atoms with Crippen molar-refractivity contribution in [3.63, 3.8) is 0 Å². The molecular formula is C109H155F4N15O22. The molecule has 0 radical (unpaired) electrons. The summed E-state index contributed by atoms with van der Waals surface area (Å²) in [6.45, 7) is 35.5. The van der Waals surface area contributed by atoms with Gasteiger partial charge in [-0.3, -0.25) is 67.1 Å². The Morgan fingerprint density at radius 1 is 0.367 bits per heavy atom. The molecule has 4 aromatic carbocycles. The number of nitrogens with zero attached hydrogens (tertiary/aromatic N) is 4. The van der Waals surface area contributed by atoms with E-state index >= 15 is 8.78 Å². The number of aliphatic hydroxyl groups is 2. The van der Waals surface area contributed by atoms with Gasteiger partial charge in [-0.25, -0.2) is 27.2 Å². The molecule has 2 aromatic heterocycles. The van der Waals surface area contributed by atoms with Crippen LogP contribution in [0.3, 0.4) is 0 Å². The fourth-order valence-corrected chi connectivity index (χ4v) is 16.5. The summed E-state index contributed by atoms with van der Waals surface area (Å²) < 4.78 is 86.9. The van der Waals surface area contributed by atoms with Crippen LogP contribution in [0.5, 0.6) is 0 Å². The minimum atomic E-state index is -1.65. The molecule has 0 aliphatic heterocycles. The molecule has 11 atom stereocenters. The van der Waals surface area contributed by atoms with Crippen LogP contribution in [0.25, 0.3) is 22.3 Å². The quantitative estimate of drug-likeness (QED) is 0.00959. The monoisotopic (exact) mass is 2100 g/mol. The first kappa shape index (κ1) is 125. The van der Waals surface area contributed by atoms with E-state index in [2.05, 4.69) is 53.2 Å². The van der Waals surface area contributed by atoms with Crippen molar-refractivity contribution in [2.75, 3.05) is 39.4 Å². The molecule has 6 rings (SSSR count). The number of aliphatic hydroxyl groups excluding tert-OH is 2. The number of carbonyl (C=O) groups is 16. The van der Waals surface area contributed by atoms with E-state index in [1.807, 2.05) is 24.3 Å². The van der Waals surface area contributed by atoms with Gasteiger partial charge in [0.05, 0.1) is 18.1 Å². The van der Waals surface area contributed by atoms with Crippen LogP contribution in [0.4, 0.5) is 17.6 Å². The van der Waals surface area contributed by atoms with Gasteiger partial charge in [0, 0.05) is 117 Å². The highest BCUT2D eigenvalue weighted by atomic mass is 19.1. The molecule has 0 aliphatic carbocycles. The smallest absolute Gasteiger partial charge is 0.329 e. The van der Waals surface area contributed by atoms with Gasteiger partial charge in [0.15, 0.2) is 0 Å². The first-order valence-corrected chi connectivity index (χ1v) is 50.5. The molecule has 0 fully saturated rings. The molecule has 0 aliphatic rings. The largest absolute Gasteiger partial charge is 0.460 e. The number of halogens is 4. The molecule has 41 heteroatoms. The molecule has 150 heavy (non-hydrogen) atoms. The van der Waals surface area contributed by atoms with Crippen molar-refractivity contribution in [1.29, 1.82) is 0 Å². The maximum atomic E-state index is 15.7. The van der Waals surface area contributed by atoms with Crippen LogP contribution in [0.15, 0.2) is 122 Å². The molecule has 0 bridgehead atoms. The van der Waals surface area contributed by atoms with Gasteiger partial charge in [-0.2, -0.15) is 0 Å². The Morgan fingerprint density at radius 2 is 0.707 bits per heavy atom. The van der Waals surface area contributed by atoms with Gasteiger partial charge in [-0.1, -0.05) is 130 Å². The van der Waals surface area contributed by atoms with E-state index in [0.29, 0.717) is 11.4 Å². The fraction of sp³-hybridized carbons (Fsp3) is 0.560. The third kappa shape index (κ3) is 41.1. The number of esters is 4. The van der Waals surface area contributed by atoms with E-state index in [1.165, 1.54) is 23.6 Å². The Morgan fingerprint density at radius 3 is 1.03 bits per heavy atom. The Balaban J connectivity index is 1.21. The van der Waals surface area contributed by atoms with Crippen molar-refractivity contribution < 1.29 is 123 Å². The maximum absolute atomic E-state index is 15.7. The van der Waals surface area contributed by atoms with Crippen molar-refractivity contribution in [1.82, 2.24) is 72.1 Å². The summed E-state index contributed by atoms with van der Waals surface area (Å²) in [6, 6.07) is 11.8. The topological polar surface area (TPSA) is 513 Å². The van der Waals surface area contributed by atoms with E-state index in [9.17, 15) is 95.7 Å². The lowest BCUT2D eigenvalue weighted by molar-refractivity contribution is -0.161. The summed E-state index contributed by atoms with van der Waals surface area (Å²) in [5, 5.41) is 47.5. The molecule has 14 N–H and O–H groups in total. The van der Waals surface area contributed by atoms with Crippen molar-refractivity contribution in [2.24, 2.45) is 28.4 Å². The first-order valence-electron chi connectivity index (χ1n) is 50.5. The van der Waals surface area contributed by atoms with Crippen molar-refractivity contribution >= 4 is 94.8 Å². The second-order valence-electron chi connectivity index (χ2n) is 44.3. The number of aromatic nitrogens is 2. The lowest BCUT2D eigenvalue weighted by atomic mass is 9.82. The van der Waals surface area contributed by atoms with E-state index in [1.54, 1.807) is 222 Å². The average Bonchev–Trinajstić information content (AvgIpc) is 1.65. The highest BCUT2D eigenvalue weighted by Gasteiger charge is 2.43. The van der Waals surface area contributed by atoms with E-state index in [-0.39, 0.29) is 61.0 Å². The molecule has 2 heterocycles. The minimum Gasteiger partial charge on any atom is -0.460 e. The zero-order valence-corrected chi connectivity index (χ0v) is 90.7. The van der Waals surface area contributed by atoms with Crippen molar-refractivity contribution in [3.05, 3.63) is 167 Å². The van der Waals surface area contributed by atoms with Crippen LogP contribution >= 0.6 is 0 Å². The summed E-state index contributed by atoms with van der Waals surface area (Å²) in [5.41, 5.74) is 3.27. The Kier molecular flexibility index (Phi) is 46.7. The minimum absolute atomic E-state index is 0.101. The third-order valence-corrected chi connectivity index (χ3v) is 23.6. The Bertz CT molecular complexity index is 5660. The Hall–Kier alpha value is -13.4. The van der Waals surface area contributed by atoms with Crippen LogP contribution in [-0.4, -0.2) is 240 Å². The summed E-state index contributed by atoms with van der Waals surface area (Å²) in [7, 11) is 0. The molecular weight excluding hydrogens is 1950 g/mol. The second-order valence-corrected chi connectivity index (χ2v) is 44.3. The second kappa shape index (κ2) is 55.9. The number of nitrogens with two attached hydrogens (primary N) is 1. The van der Waals surface area contributed by atoms with Gasteiger partial charge < -0.3 is 107 Å². The summed E-state index contributed by atoms with van der Waals surface area (Å²) in [5.74, 6) is -18.2. The van der Waals surface area contributed by atoms with Crippen LogP contribution in [0, 0.1) is 45.9 Å². The SMILES string of the molecule is CC(C)[C@H](NC(=O)CC[C@H](N)C(=O)N[C@H](C(=O)N[C@@H](C)C(=O)N[C@@H](CCN(C(=O)CO)[C@@H](c1cc(-c2cc(F)ccc2F)cn1Cc1ccccc1)C(C)(C)C)C(=O)NCCC(=O)N[C@H](CCC(=O)OC(C)(C)C)C(=O)OC(C)(C)C)C(C)C)C(=O)N[C@@H](C)C(=O)N[C@@H](CCN(C(=O)CO)[C@@H](c1cc(-c2cc(F)ccc2F)cn1Cc1ccccc1)C(C)(C)C)C(=O)NCCC(=O)N[C@H](CCC(=O)OC(C)(C)C)C(=O)OC(C)(C)C. The fourth-order valence-electron chi connectivity index (χ4n) is 16.5. The molecule has 6 aromatic rings. The highest BCUT2D eigenvalue weighted by Crippen LogP contribution is 2.44. The lowest BCUT2D eigenvalue weighted by Crippen LogP contribution is -2.58. The maximum Gasteiger partial charge on any atom is 0.329 e. The van der Waals surface area contributed by atoms with Gasteiger partial charge in [0.1, 0.15) is 107 Å². The number of rotatable bonds is 52. The van der Waals surface area contributed by atoms with E-state index < -0.39 is 307 Å². The number of amides is 12. The molecule has 0 spiro atoms. The number of carbonyl (C=O) groups excluding carboxylic acids is 16. The summed E-state index contributed by atoms with van der Waals surface area (Å²) in [4.78, 5) is 227. The molecule has 826 valence electrons. The average molecular weight is 2100 g/mol. The van der Waals surface area contributed by atoms with Crippen molar-refractivity contribution in [2.45, 2.75) is 332 Å². The van der Waals surface area contributed by atoms with Crippen LogP contribution in [-0.2, 0) is 109 Å². The lowest BCUT2D eigenvalue weighted by Gasteiger charge is -2.41. The normalized spacial score (nSPS) is 14.2. The number of benzene rings is 4. The third-order valence-electron chi connectivity index (χ3n) is 23.6. The first-order chi connectivity index (χ1) is 69.7. The number of ether oxygens (including phenoxy) is 4. The molecule has 12 amide bonds. The zero-order chi connectivity index (χ0) is 113. The Labute approximate surface area is 875 Å². The molecule has 37 nitrogen and oxygen atoms in total. The van der Waals surface area contributed by atoms with Gasteiger partial charge >= 0.3 is 23.9 Å². The standard InChI is InChI=1S/C109H155F4N15O22/c1-63(2)91(100(143)117-65(5)95(138)121-78(98(141)115-49-45-85(132)119-80(102(145)149-108(19,20)21)40-43-89(136)147-106(13,14)15)47-51-127(87(134)61-129)93(104(7,8)9)82-53-69(73-55-71(110)35-37-75(73)112)59-125(82)57-67-31-27-25-28-32-67)123-84(131)42-39-77(114)97(140)124-92(64(3)4)101(144)118-66(6)96(139)122-79(99(142)116-50-46-86(133)120-81(103(146)150-109(22,23)24)41-44-90(137)148-107(16,17)18)48-52-128(88(135)62-130)94(105(10,11)12)83-54-70(74-56-72(111)36-38-76(74)113)60-126(83)58-68-33-29-26-30-34-68/h25-38,53-56,59-60,63-66,77-81,91-94,129-130H,39-52,57-58,61-62,114H2,1-24H3,(H,115,141)(H,116,142)(H,117,143)(H,118,144)(H,119,132)(H,120,133)(H,121,138)(H,122,139)(H,123,131)(H,124,140)/t65-,66-,77-,78-,79-,80+,81+,91-,92-,93-,94-/m0/s1. The van der Waals surface area contributed by atoms with Gasteiger partial charge in [-0.15, -0.1) is 0 Å². The predicted molar refractivity (Wildman–Crippen MR) is 553 cm³/mol. The number of hydrogen-bond donors (Lipinski definition) is 13. The summed E-state index contributed by atoms with van der Waals surface area (Å²) >= 11 is 0. The van der Waals surface area contributed by atoms with Gasteiger partial charge in [0.25, 0.3) is 0 Å². The zero-order valence-electron chi connectivity index (χ0n) is 90.7. The van der Waals surface area contributed by atoms with Crippen LogP contribution in [0.2, 0.25) is 0 Å². The van der Waals surface area contributed by atoms with E-state index in [0.717, 1.165) is 47.5 Å². The van der Waals surface area contributed by atoms with Crippen molar-refractivity contribution in [3.8, 4) is 22.3 Å². The number of hydrogen-bond acceptors (Lipinski definition) is 23. The molecule has 0 saturated carbocycles. The molecule has 0 saturated heterocycles. The summed E-state index contributed by atoms with van der Waals surface area (Å²) in [6.07, 6.45) is -0.646.